The number of aliphatic hydroxyl groups excluding tert-OH is 1. The van der Waals surface area contributed by atoms with Gasteiger partial charge in [-0.25, -0.2) is 0 Å². The molecule has 1 aliphatic heterocycles. The minimum absolute atomic E-state index is 0.0740. The van der Waals surface area contributed by atoms with E-state index in [9.17, 15) is 14.7 Å². The molecular formula is C19H18N2O3. The number of fused-ring (bicyclic) bond motifs is 1. The third-order valence-corrected chi connectivity index (χ3v) is 3.85. The number of hydrogen-bond acceptors (Lipinski definition) is 3. The fourth-order valence-electron chi connectivity index (χ4n) is 2.63. The third kappa shape index (κ3) is 2.88. The smallest absolute Gasteiger partial charge is 0.260 e. The number of carbonyl (C=O) groups is 2. The van der Waals surface area contributed by atoms with Crippen molar-refractivity contribution in [3.05, 3.63) is 65.2 Å². The molecule has 0 unspecified atom stereocenters. The first-order valence-corrected chi connectivity index (χ1v) is 7.84. The fourth-order valence-corrected chi connectivity index (χ4v) is 2.63. The van der Waals surface area contributed by atoms with Crippen LogP contribution in [-0.4, -0.2) is 23.5 Å². The van der Waals surface area contributed by atoms with Crippen molar-refractivity contribution in [2.45, 2.75) is 13.3 Å². The van der Waals surface area contributed by atoms with E-state index < -0.39 is 0 Å². The predicted molar refractivity (Wildman–Crippen MR) is 93.6 cm³/mol. The monoisotopic (exact) mass is 322 g/mol. The second-order valence-electron chi connectivity index (χ2n) is 5.56. The highest BCUT2D eigenvalue weighted by molar-refractivity contribution is 6.36. The van der Waals surface area contributed by atoms with E-state index in [1.54, 1.807) is 42.5 Å². The van der Waals surface area contributed by atoms with Crippen LogP contribution in [0.15, 0.2) is 48.5 Å². The van der Waals surface area contributed by atoms with Crippen molar-refractivity contribution >= 4 is 28.8 Å². The summed E-state index contributed by atoms with van der Waals surface area (Å²) < 4.78 is 0. The van der Waals surface area contributed by atoms with Gasteiger partial charge in [-0.05, 0) is 18.6 Å². The molecule has 0 atom stereocenters. The summed E-state index contributed by atoms with van der Waals surface area (Å²) in [6, 6.07) is 13.9. The molecule has 1 aliphatic rings. The number of amides is 2. The first-order chi connectivity index (χ1) is 11.6. The van der Waals surface area contributed by atoms with Gasteiger partial charge in [0.15, 0.2) is 0 Å². The van der Waals surface area contributed by atoms with E-state index >= 15 is 0 Å². The fraction of sp³-hybridized carbons (Fsp3) is 0.158. The van der Waals surface area contributed by atoms with Crippen LogP contribution in [0.2, 0.25) is 0 Å². The van der Waals surface area contributed by atoms with Gasteiger partial charge in [0.2, 0.25) is 0 Å². The van der Waals surface area contributed by atoms with Gasteiger partial charge in [0.25, 0.3) is 11.8 Å². The molecule has 2 aromatic carbocycles. The zero-order valence-corrected chi connectivity index (χ0v) is 13.3. The van der Waals surface area contributed by atoms with Gasteiger partial charge in [-0.3, -0.25) is 9.59 Å². The average Bonchev–Trinajstić information content (AvgIpc) is 2.94. The van der Waals surface area contributed by atoms with Crippen molar-refractivity contribution < 1.29 is 14.7 Å². The summed E-state index contributed by atoms with van der Waals surface area (Å²) >= 11 is 0. The Labute approximate surface area is 140 Å². The van der Waals surface area contributed by atoms with Gasteiger partial charge in [0, 0.05) is 23.2 Å². The van der Waals surface area contributed by atoms with E-state index in [0.717, 1.165) is 6.42 Å². The van der Waals surface area contributed by atoms with Crippen LogP contribution in [0.1, 0.15) is 34.8 Å². The molecule has 1 heterocycles. The molecule has 5 nitrogen and oxygen atoms in total. The second-order valence-corrected chi connectivity index (χ2v) is 5.56. The van der Waals surface area contributed by atoms with Crippen molar-refractivity contribution in [3.63, 3.8) is 0 Å². The van der Waals surface area contributed by atoms with E-state index in [1.807, 2.05) is 13.0 Å². The first kappa shape index (κ1) is 15.8. The minimum atomic E-state index is -0.377. The molecule has 0 bridgehead atoms. The molecule has 3 rings (SSSR count). The molecule has 0 fully saturated rings. The highest BCUT2D eigenvalue weighted by Crippen LogP contribution is 2.36. The molecule has 122 valence electrons. The number of hydrogen-bond donors (Lipinski definition) is 3. The largest absolute Gasteiger partial charge is 0.506 e. The highest BCUT2D eigenvalue weighted by atomic mass is 16.3. The Balaban J connectivity index is 1.99. The number of rotatable bonds is 4. The lowest BCUT2D eigenvalue weighted by Crippen LogP contribution is -2.23. The molecule has 0 saturated carbocycles. The number of nitrogens with one attached hydrogen (secondary N) is 2. The van der Waals surface area contributed by atoms with Gasteiger partial charge in [-0.2, -0.15) is 0 Å². The quantitative estimate of drug-likeness (QED) is 0.597. The average molecular weight is 322 g/mol. The maximum absolute atomic E-state index is 12.3. The Bertz CT molecular complexity index is 826. The lowest BCUT2D eigenvalue weighted by Gasteiger charge is -2.06. The SMILES string of the molecule is CCCNC(=O)c1ccc2c(c1)NC(=O)/C2=C(/O)c1ccccc1. The summed E-state index contributed by atoms with van der Waals surface area (Å²) in [5.41, 5.74) is 2.38. The number of benzene rings is 2. The molecule has 0 saturated heterocycles. The van der Waals surface area contributed by atoms with Crippen LogP contribution in [0.25, 0.3) is 11.3 Å². The van der Waals surface area contributed by atoms with Crippen LogP contribution in [0, 0.1) is 0 Å². The molecule has 5 heteroatoms. The summed E-state index contributed by atoms with van der Waals surface area (Å²) in [5, 5.41) is 16.0. The van der Waals surface area contributed by atoms with Gasteiger partial charge in [0.05, 0.1) is 11.3 Å². The molecule has 0 radical (unpaired) electrons. The number of aliphatic hydroxyl groups is 1. The van der Waals surface area contributed by atoms with Crippen LogP contribution < -0.4 is 10.6 Å². The topological polar surface area (TPSA) is 78.4 Å². The Morgan fingerprint density at radius 1 is 1.12 bits per heavy atom. The van der Waals surface area contributed by atoms with E-state index in [0.29, 0.717) is 28.9 Å². The molecule has 0 aromatic heterocycles. The Morgan fingerprint density at radius 3 is 2.58 bits per heavy atom. The van der Waals surface area contributed by atoms with Crippen LogP contribution in [0.3, 0.4) is 0 Å². The van der Waals surface area contributed by atoms with Crippen molar-refractivity contribution in [2.75, 3.05) is 11.9 Å². The Morgan fingerprint density at radius 2 is 1.88 bits per heavy atom. The van der Waals surface area contributed by atoms with Gasteiger partial charge in [0.1, 0.15) is 5.76 Å². The normalized spacial score (nSPS) is 14.8. The van der Waals surface area contributed by atoms with Gasteiger partial charge in [-0.15, -0.1) is 0 Å². The van der Waals surface area contributed by atoms with Gasteiger partial charge in [-0.1, -0.05) is 43.3 Å². The highest BCUT2D eigenvalue weighted by Gasteiger charge is 2.29. The van der Waals surface area contributed by atoms with Crippen molar-refractivity contribution in [2.24, 2.45) is 0 Å². The van der Waals surface area contributed by atoms with Crippen LogP contribution in [0.5, 0.6) is 0 Å². The maximum atomic E-state index is 12.3. The first-order valence-electron chi connectivity index (χ1n) is 7.84. The van der Waals surface area contributed by atoms with E-state index in [2.05, 4.69) is 10.6 Å². The van der Waals surface area contributed by atoms with Crippen molar-refractivity contribution in [3.8, 4) is 0 Å². The molecule has 2 aromatic rings. The zero-order valence-electron chi connectivity index (χ0n) is 13.3. The maximum Gasteiger partial charge on any atom is 0.260 e. The number of anilines is 1. The summed E-state index contributed by atoms with van der Waals surface area (Å²) in [4.78, 5) is 24.3. The molecule has 0 spiro atoms. The van der Waals surface area contributed by atoms with E-state index in [1.165, 1.54) is 0 Å². The van der Waals surface area contributed by atoms with Crippen LogP contribution in [-0.2, 0) is 4.79 Å². The molecular weight excluding hydrogens is 304 g/mol. The predicted octanol–water partition coefficient (Wildman–Crippen LogP) is 3.20. The summed E-state index contributed by atoms with van der Waals surface area (Å²) in [6.07, 6.45) is 0.852. The van der Waals surface area contributed by atoms with E-state index in [4.69, 9.17) is 0 Å². The Hall–Kier alpha value is -3.08. The lowest BCUT2D eigenvalue weighted by atomic mass is 10.0. The van der Waals surface area contributed by atoms with E-state index in [-0.39, 0.29) is 23.1 Å². The third-order valence-electron chi connectivity index (χ3n) is 3.85. The molecule has 3 N–H and O–H groups in total. The van der Waals surface area contributed by atoms with Gasteiger partial charge < -0.3 is 15.7 Å². The summed E-state index contributed by atoms with van der Waals surface area (Å²) in [6.45, 7) is 2.58. The zero-order chi connectivity index (χ0) is 17.1. The summed E-state index contributed by atoms with van der Waals surface area (Å²) in [5.74, 6) is -0.633. The minimum Gasteiger partial charge on any atom is -0.506 e. The Kier molecular flexibility index (Phi) is 4.33. The molecule has 24 heavy (non-hydrogen) atoms. The van der Waals surface area contributed by atoms with Gasteiger partial charge >= 0.3 is 0 Å². The van der Waals surface area contributed by atoms with Crippen molar-refractivity contribution in [1.82, 2.24) is 5.32 Å². The standard InChI is InChI=1S/C19H18N2O3/c1-2-10-20-18(23)13-8-9-14-15(11-13)21-19(24)16(14)17(22)12-6-4-3-5-7-12/h3-9,11,22H,2,10H2,1H3,(H,20,23)(H,21,24)/b17-16+. The molecule has 2 amide bonds. The summed E-state index contributed by atoms with van der Waals surface area (Å²) in [7, 11) is 0. The number of carbonyl (C=O) groups excluding carboxylic acids is 2. The van der Waals surface area contributed by atoms with Crippen molar-refractivity contribution in [1.29, 1.82) is 0 Å². The van der Waals surface area contributed by atoms with Crippen LogP contribution >= 0.6 is 0 Å². The lowest BCUT2D eigenvalue weighted by molar-refractivity contribution is -0.110. The molecule has 0 aliphatic carbocycles. The second kappa shape index (κ2) is 6.58. The van der Waals surface area contributed by atoms with Crippen LogP contribution in [0.4, 0.5) is 5.69 Å².